The Kier molecular flexibility index (Phi) is 4.58. The molecule has 0 aliphatic carbocycles. The number of hydrogen-bond donors (Lipinski definition) is 1. The Morgan fingerprint density at radius 3 is 2.64 bits per heavy atom. The summed E-state index contributed by atoms with van der Waals surface area (Å²) in [6, 6.07) is 8.66. The van der Waals surface area contributed by atoms with Crippen molar-refractivity contribution in [2.45, 2.75) is 25.4 Å². The van der Waals surface area contributed by atoms with Crippen LogP contribution in [-0.2, 0) is 4.74 Å². The van der Waals surface area contributed by atoms with Crippen LogP contribution in [0.15, 0.2) is 30.3 Å². The average Bonchev–Trinajstić information content (AvgIpc) is 2.90. The van der Waals surface area contributed by atoms with Crippen molar-refractivity contribution >= 4 is 17.8 Å². The second kappa shape index (κ2) is 6.79. The van der Waals surface area contributed by atoms with Gasteiger partial charge in [0.15, 0.2) is 0 Å². The van der Waals surface area contributed by atoms with E-state index in [1.54, 1.807) is 12.1 Å². The summed E-state index contributed by atoms with van der Waals surface area (Å²) in [6.07, 6.45) is 2.87. The predicted octanol–water partition coefficient (Wildman–Crippen LogP) is 2.53. The average molecular weight is 303 g/mol. The molecule has 22 heavy (non-hydrogen) atoms. The number of imide groups is 1. The van der Waals surface area contributed by atoms with Crippen LogP contribution in [-0.4, -0.2) is 54.2 Å². The monoisotopic (exact) mass is 303 g/mol. The van der Waals surface area contributed by atoms with Crippen LogP contribution in [0.5, 0.6) is 0 Å². The highest BCUT2D eigenvalue weighted by Crippen LogP contribution is 2.17. The smallest absolute Gasteiger partial charge is 0.418 e. The lowest BCUT2D eigenvalue weighted by atomic mass is 10.1. The number of urea groups is 1. The molecule has 1 unspecified atom stereocenters. The molecule has 0 spiro atoms. The standard InChI is InChI=1S/C16H21N3O3/c20-15(17-13-7-3-1-4-8-13)19-12-14(22-16(19)21)11-18-9-5-2-6-10-18/h1,3-4,7-8,14H,2,5-6,9-12H2,(H,17,20). The highest BCUT2D eigenvalue weighted by Gasteiger charge is 2.36. The van der Waals surface area contributed by atoms with Crippen LogP contribution in [0, 0.1) is 0 Å². The third kappa shape index (κ3) is 3.57. The number of ether oxygens (including phenoxy) is 1. The molecule has 3 amide bonds. The largest absolute Gasteiger partial charge is 0.442 e. The van der Waals surface area contributed by atoms with Crippen molar-refractivity contribution in [2.24, 2.45) is 0 Å². The quantitative estimate of drug-likeness (QED) is 0.932. The Bertz CT molecular complexity index is 529. The lowest BCUT2D eigenvalue weighted by Gasteiger charge is -2.27. The first-order valence-electron chi connectivity index (χ1n) is 7.79. The number of likely N-dealkylation sites (tertiary alicyclic amines) is 1. The van der Waals surface area contributed by atoms with Gasteiger partial charge in [-0.25, -0.2) is 14.5 Å². The van der Waals surface area contributed by atoms with Crippen molar-refractivity contribution in [3.05, 3.63) is 30.3 Å². The van der Waals surface area contributed by atoms with E-state index >= 15 is 0 Å². The fourth-order valence-corrected chi connectivity index (χ4v) is 2.92. The lowest BCUT2D eigenvalue weighted by molar-refractivity contribution is 0.0995. The van der Waals surface area contributed by atoms with Gasteiger partial charge in [0.2, 0.25) is 0 Å². The Labute approximate surface area is 130 Å². The molecule has 1 aromatic carbocycles. The summed E-state index contributed by atoms with van der Waals surface area (Å²) in [6.45, 7) is 3.11. The third-order valence-electron chi connectivity index (χ3n) is 4.05. The van der Waals surface area contributed by atoms with E-state index in [0.717, 1.165) is 18.0 Å². The van der Waals surface area contributed by atoms with Crippen LogP contribution in [0.25, 0.3) is 0 Å². The molecule has 0 saturated carbocycles. The molecule has 2 heterocycles. The number of carbonyl (C=O) groups excluding carboxylic acids is 2. The predicted molar refractivity (Wildman–Crippen MR) is 82.7 cm³/mol. The zero-order valence-corrected chi connectivity index (χ0v) is 12.5. The zero-order chi connectivity index (χ0) is 15.4. The molecule has 1 N–H and O–H groups in total. The summed E-state index contributed by atoms with van der Waals surface area (Å²) in [5.74, 6) is 0. The highest BCUT2D eigenvalue weighted by molar-refractivity contribution is 5.99. The lowest BCUT2D eigenvalue weighted by Crippen LogP contribution is -2.39. The summed E-state index contributed by atoms with van der Waals surface area (Å²) in [4.78, 5) is 27.5. The van der Waals surface area contributed by atoms with E-state index in [4.69, 9.17) is 4.74 Å². The van der Waals surface area contributed by atoms with Crippen molar-refractivity contribution in [1.82, 2.24) is 9.80 Å². The molecule has 0 radical (unpaired) electrons. The van der Waals surface area contributed by atoms with Crippen LogP contribution in [0.4, 0.5) is 15.3 Å². The number of piperidine rings is 1. The number of hydrogen-bond acceptors (Lipinski definition) is 4. The minimum absolute atomic E-state index is 0.230. The van der Waals surface area contributed by atoms with Crippen molar-refractivity contribution in [1.29, 1.82) is 0 Å². The summed E-state index contributed by atoms with van der Waals surface area (Å²) in [5, 5.41) is 2.71. The van der Waals surface area contributed by atoms with E-state index in [1.165, 1.54) is 19.3 Å². The van der Waals surface area contributed by atoms with Crippen molar-refractivity contribution in [3.8, 4) is 0 Å². The SMILES string of the molecule is O=C(Nc1ccccc1)N1CC(CN2CCCCC2)OC1=O. The summed E-state index contributed by atoms with van der Waals surface area (Å²) in [7, 11) is 0. The van der Waals surface area contributed by atoms with Crippen LogP contribution in [0.3, 0.4) is 0 Å². The topological polar surface area (TPSA) is 61.9 Å². The van der Waals surface area contributed by atoms with Gasteiger partial charge in [-0.2, -0.15) is 0 Å². The second-order valence-corrected chi connectivity index (χ2v) is 5.77. The normalized spacial score (nSPS) is 22.5. The fraction of sp³-hybridized carbons (Fsp3) is 0.500. The van der Waals surface area contributed by atoms with Crippen LogP contribution >= 0.6 is 0 Å². The maximum Gasteiger partial charge on any atom is 0.418 e. The van der Waals surface area contributed by atoms with Gasteiger partial charge < -0.3 is 10.1 Å². The van der Waals surface area contributed by atoms with Crippen molar-refractivity contribution < 1.29 is 14.3 Å². The molecule has 2 aliphatic rings. The van der Waals surface area contributed by atoms with Gasteiger partial charge in [0.1, 0.15) is 6.10 Å². The van der Waals surface area contributed by atoms with Gasteiger partial charge in [-0.05, 0) is 38.1 Å². The number of rotatable bonds is 3. The van der Waals surface area contributed by atoms with Crippen molar-refractivity contribution in [2.75, 3.05) is 31.5 Å². The molecule has 1 aromatic rings. The van der Waals surface area contributed by atoms with Gasteiger partial charge in [0, 0.05) is 12.2 Å². The Balaban J connectivity index is 1.53. The van der Waals surface area contributed by atoms with Crippen molar-refractivity contribution in [3.63, 3.8) is 0 Å². The van der Waals surface area contributed by atoms with Gasteiger partial charge in [0.05, 0.1) is 6.54 Å². The van der Waals surface area contributed by atoms with Gasteiger partial charge in [0.25, 0.3) is 0 Å². The molecule has 0 aromatic heterocycles. The number of cyclic esters (lactones) is 1. The number of nitrogens with one attached hydrogen (secondary N) is 1. The molecule has 118 valence electrons. The molecule has 2 fully saturated rings. The molecular weight excluding hydrogens is 282 g/mol. The Morgan fingerprint density at radius 1 is 1.18 bits per heavy atom. The van der Waals surface area contributed by atoms with Gasteiger partial charge in [-0.15, -0.1) is 0 Å². The molecule has 6 nitrogen and oxygen atoms in total. The number of nitrogens with zero attached hydrogens (tertiary/aromatic N) is 2. The van der Waals surface area contributed by atoms with Gasteiger partial charge >= 0.3 is 12.1 Å². The van der Waals surface area contributed by atoms with E-state index in [-0.39, 0.29) is 6.10 Å². The minimum Gasteiger partial charge on any atom is -0.442 e. The number of anilines is 1. The maximum atomic E-state index is 12.2. The first-order valence-corrected chi connectivity index (χ1v) is 7.79. The summed E-state index contributed by atoms with van der Waals surface area (Å²) < 4.78 is 5.32. The molecule has 2 aliphatic heterocycles. The molecular formula is C16H21N3O3. The Morgan fingerprint density at radius 2 is 1.91 bits per heavy atom. The first kappa shape index (κ1) is 14.8. The molecule has 2 saturated heterocycles. The molecule has 3 rings (SSSR count). The number of para-hydroxylation sites is 1. The first-order chi connectivity index (χ1) is 10.7. The minimum atomic E-state index is -0.560. The fourth-order valence-electron chi connectivity index (χ4n) is 2.92. The summed E-state index contributed by atoms with van der Waals surface area (Å²) in [5.41, 5.74) is 0.666. The maximum absolute atomic E-state index is 12.2. The zero-order valence-electron chi connectivity index (χ0n) is 12.5. The summed E-state index contributed by atoms with van der Waals surface area (Å²) >= 11 is 0. The van der Waals surface area contributed by atoms with E-state index in [2.05, 4.69) is 10.2 Å². The van der Waals surface area contributed by atoms with Crippen LogP contribution < -0.4 is 5.32 Å². The number of benzene rings is 1. The van der Waals surface area contributed by atoms with E-state index < -0.39 is 12.1 Å². The number of carbonyl (C=O) groups is 2. The van der Waals surface area contributed by atoms with Crippen LogP contribution in [0.1, 0.15) is 19.3 Å². The number of amides is 3. The van der Waals surface area contributed by atoms with Gasteiger partial charge in [-0.1, -0.05) is 24.6 Å². The highest BCUT2D eigenvalue weighted by atomic mass is 16.6. The van der Waals surface area contributed by atoms with Gasteiger partial charge in [-0.3, -0.25) is 4.90 Å². The van der Waals surface area contributed by atoms with E-state index in [9.17, 15) is 9.59 Å². The second-order valence-electron chi connectivity index (χ2n) is 5.77. The van der Waals surface area contributed by atoms with E-state index in [1.807, 2.05) is 18.2 Å². The molecule has 6 heteroatoms. The third-order valence-corrected chi connectivity index (χ3v) is 4.05. The molecule has 0 bridgehead atoms. The van der Waals surface area contributed by atoms with Crippen LogP contribution in [0.2, 0.25) is 0 Å². The molecule has 1 atom stereocenters. The Hall–Kier alpha value is -2.08. The van der Waals surface area contributed by atoms with E-state index in [0.29, 0.717) is 18.8 Å².